The zero-order valence-electron chi connectivity index (χ0n) is 7.65. The van der Waals surface area contributed by atoms with Crippen molar-refractivity contribution in [2.75, 3.05) is 0 Å². The van der Waals surface area contributed by atoms with E-state index in [0.717, 1.165) is 14.7 Å². The molecule has 0 amide bonds. The van der Waals surface area contributed by atoms with Gasteiger partial charge in [0.15, 0.2) is 0 Å². The normalized spacial score (nSPS) is 10.0. The molecule has 0 atom stereocenters. The van der Waals surface area contributed by atoms with Crippen molar-refractivity contribution in [1.82, 2.24) is 4.98 Å². The van der Waals surface area contributed by atoms with Gasteiger partial charge in [-0.1, -0.05) is 12.1 Å². The summed E-state index contributed by atoms with van der Waals surface area (Å²) in [5.41, 5.74) is 0. The van der Waals surface area contributed by atoms with E-state index in [9.17, 15) is 0 Å². The molecule has 0 spiro atoms. The van der Waals surface area contributed by atoms with E-state index in [1.54, 1.807) is 6.20 Å². The zero-order chi connectivity index (χ0) is 10.7. The van der Waals surface area contributed by atoms with E-state index in [0.29, 0.717) is 5.88 Å². The summed E-state index contributed by atoms with van der Waals surface area (Å²) in [6.45, 7) is 0. The second kappa shape index (κ2) is 4.77. The van der Waals surface area contributed by atoms with E-state index < -0.39 is 0 Å². The summed E-state index contributed by atoms with van der Waals surface area (Å²) in [4.78, 5) is 4.12. The van der Waals surface area contributed by atoms with E-state index in [1.165, 1.54) is 0 Å². The van der Waals surface area contributed by atoms with Crippen molar-refractivity contribution in [2.24, 2.45) is 0 Å². The van der Waals surface area contributed by atoms with Crippen LogP contribution in [0.25, 0.3) is 0 Å². The molecule has 2 rings (SSSR count). The molecule has 1 aromatic heterocycles. The van der Waals surface area contributed by atoms with Crippen LogP contribution in [-0.4, -0.2) is 4.98 Å². The highest BCUT2D eigenvalue weighted by Crippen LogP contribution is 2.31. The first-order valence-electron chi connectivity index (χ1n) is 4.30. The lowest BCUT2D eigenvalue weighted by Gasteiger charge is -2.07. The van der Waals surface area contributed by atoms with Gasteiger partial charge in [-0.25, -0.2) is 4.98 Å². The third kappa shape index (κ3) is 2.58. The quantitative estimate of drug-likeness (QED) is 0.815. The van der Waals surface area contributed by atoms with Crippen LogP contribution in [0, 0.1) is 0 Å². The van der Waals surface area contributed by atoms with E-state index in [2.05, 4.69) is 36.8 Å². The SMILES string of the molecule is Brc1ccccc1Oc1ncccc1Br. The lowest BCUT2D eigenvalue weighted by Crippen LogP contribution is -1.88. The van der Waals surface area contributed by atoms with E-state index in [1.807, 2.05) is 36.4 Å². The number of ether oxygens (including phenoxy) is 1. The molecule has 4 heteroatoms. The molecular formula is C11H7Br2NO. The number of aromatic nitrogens is 1. The second-order valence-electron chi connectivity index (χ2n) is 2.82. The Kier molecular flexibility index (Phi) is 3.38. The molecule has 0 aliphatic carbocycles. The van der Waals surface area contributed by atoms with E-state index in [4.69, 9.17) is 4.74 Å². The highest BCUT2D eigenvalue weighted by molar-refractivity contribution is 9.11. The molecule has 0 radical (unpaired) electrons. The molecule has 0 unspecified atom stereocenters. The molecule has 2 aromatic rings. The molecule has 0 fully saturated rings. The molecule has 0 aliphatic heterocycles. The Bertz CT molecular complexity index is 430. The Morgan fingerprint density at radius 1 is 0.933 bits per heavy atom. The van der Waals surface area contributed by atoms with Gasteiger partial charge in [-0.2, -0.15) is 0 Å². The van der Waals surface area contributed by atoms with Crippen LogP contribution >= 0.6 is 31.9 Å². The third-order valence-electron chi connectivity index (χ3n) is 1.77. The molecule has 15 heavy (non-hydrogen) atoms. The number of rotatable bonds is 2. The highest BCUT2D eigenvalue weighted by atomic mass is 79.9. The first kappa shape index (κ1) is 10.6. The van der Waals surface area contributed by atoms with Crippen LogP contribution in [0.3, 0.4) is 0 Å². The third-order valence-corrected chi connectivity index (χ3v) is 3.03. The van der Waals surface area contributed by atoms with Crippen LogP contribution in [0.4, 0.5) is 0 Å². The van der Waals surface area contributed by atoms with Crippen molar-refractivity contribution >= 4 is 31.9 Å². The predicted octanol–water partition coefficient (Wildman–Crippen LogP) is 4.40. The standard InChI is InChI=1S/C11H7Br2NO/c12-8-4-1-2-6-10(8)15-11-9(13)5-3-7-14-11/h1-7H. The molecular weight excluding hydrogens is 322 g/mol. The maximum Gasteiger partial charge on any atom is 0.233 e. The number of hydrogen-bond donors (Lipinski definition) is 0. The van der Waals surface area contributed by atoms with Crippen LogP contribution < -0.4 is 4.74 Å². The average molecular weight is 329 g/mol. The number of para-hydroxylation sites is 1. The first-order valence-corrected chi connectivity index (χ1v) is 5.89. The Hall–Kier alpha value is -0.870. The van der Waals surface area contributed by atoms with Crippen LogP contribution in [-0.2, 0) is 0 Å². The van der Waals surface area contributed by atoms with Crippen LogP contribution in [0.1, 0.15) is 0 Å². The number of nitrogens with zero attached hydrogens (tertiary/aromatic N) is 1. The lowest BCUT2D eigenvalue weighted by atomic mass is 10.3. The van der Waals surface area contributed by atoms with Crippen LogP contribution in [0.15, 0.2) is 51.5 Å². The van der Waals surface area contributed by atoms with Crippen molar-refractivity contribution in [2.45, 2.75) is 0 Å². The molecule has 0 N–H and O–H groups in total. The molecule has 2 nitrogen and oxygen atoms in total. The number of hydrogen-bond acceptors (Lipinski definition) is 2. The van der Waals surface area contributed by atoms with Crippen molar-refractivity contribution < 1.29 is 4.74 Å². The maximum atomic E-state index is 5.64. The summed E-state index contributed by atoms with van der Waals surface area (Å²) in [5, 5.41) is 0. The lowest BCUT2D eigenvalue weighted by molar-refractivity contribution is 0.457. The molecule has 0 saturated carbocycles. The van der Waals surface area contributed by atoms with Gasteiger partial charge in [0, 0.05) is 6.20 Å². The van der Waals surface area contributed by atoms with Gasteiger partial charge in [0.1, 0.15) is 5.75 Å². The first-order chi connectivity index (χ1) is 7.27. The zero-order valence-corrected chi connectivity index (χ0v) is 10.8. The van der Waals surface area contributed by atoms with Gasteiger partial charge in [-0.05, 0) is 56.1 Å². The molecule has 1 aromatic carbocycles. The fraction of sp³-hybridized carbons (Fsp3) is 0. The minimum atomic E-state index is 0.560. The Labute approximate surface area is 105 Å². The van der Waals surface area contributed by atoms with Crippen LogP contribution in [0.5, 0.6) is 11.6 Å². The summed E-state index contributed by atoms with van der Waals surface area (Å²) in [5.74, 6) is 1.31. The fourth-order valence-corrected chi connectivity index (χ4v) is 1.78. The smallest absolute Gasteiger partial charge is 0.233 e. The van der Waals surface area contributed by atoms with Crippen molar-refractivity contribution in [1.29, 1.82) is 0 Å². The summed E-state index contributed by atoms with van der Waals surface area (Å²) in [7, 11) is 0. The molecule has 0 aliphatic rings. The predicted molar refractivity (Wildman–Crippen MR) is 66.2 cm³/mol. The monoisotopic (exact) mass is 327 g/mol. The summed E-state index contributed by atoms with van der Waals surface area (Å²) in [6, 6.07) is 11.4. The van der Waals surface area contributed by atoms with Gasteiger partial charge in [-0.3, -0.25) is 0 Å². The number of benzene rings is 1. The average Bonchev–Trinajstić information content (AvgIpc) is 2.24. The van der Waals surface area contributed by atoms with Gasteiger partial charge < -0.3 is 4.74 Å². The molecule has 1 heterocycles. The largest absolute Gasteiger partial charge is 0.437 e. The van der Waals surface area contributed by atoms with Crippen molar-refractivity contribution in [3.05, 3.63) is 51.5 Å². The molecule has 0 saturated heterocycles. The summed E-state index contributed by atoms with van der Waals surface area (Å²) in [6.07, 6.45) is 1.69. The van der Waals surface area contributed by atoms with E-state index >= 15 is 0 Å². The van der Waals surface area contributed by atoms with Crippen molar-refractivity contribution in [3.8, 4) is 11.6 Å². The number of pyridine rings is 1. The second-order valence-corrected chi connectivity index (χ2v) is 4.53. The molecule has 76 valence electrons. The summed E-state index contributed by atoms with van der Waals surface area (Å²) >= 11 is 6.79. The van der Waals surface area contributed by atoms with Crippen LogP contribution in [0.2, 0.25) is 0 Å². The number of halogens is 2. The van der Waals surface area contributed by atoms with Gasteiger partial charge in [0.2, 0.25) is 5.88 Å². The Balaban J connectivity index is 2.30. The molecule has 0 bridgehead atoms. The minimum absolute atomic E-state index is 0.560. The Morgan fingerprint density at radius 3 is 2.40 bits per heavy atom. The van der Waals surface area contributed by atoms with Crippen molar-refractivity contribution in [3.63, 3.8) is 0 Å². The minimum Gasteiger partial charge on any atom is -0.437 e. The topological polar surface area (TPSA) is 22.1 Å². The van der Waals surface area contributed by atoms with Gasteiger partial charge in [0.05, 0.1) is 8.95 Å². The van der Waals surface area contributed by atoms with Gasteiger partial charge >= 0.3 is 0 Å². The van der Waals surface area contributed by atoms with Gasteiger partial charge in [-0.15, -0.1) is 0 Å². The maximum absolute atomic E-state index is 5.64. The Morgan fingerprint density at radius 2 is 1.67 bits per heavy atom. The fourth-order valence-electron chi connectivity index (χ4n) is 1.08. The summed E-state index contributed by atoms with van der Waals surface area (Å²) < 4.78 is 7.37. The van der Waals surface area contributed by atoms with Gasteiger partial charge in [0.25, 0.3) is 0 Å². The highest BCUT2D eigenvalue weighted by Gasteiger charge is 2.05. The van der Waals surface area contributed by atoms with E-state index in [-0.39, 0.29) is 0 Å².